The SMILES string of the molecule is CCN(c1ccccc1)S(=O)(=O)c1cccc(C(=O)Nc2ccc(C)c([N+](=O)[O-])c2)c1. The molecule has 0 aromatic heterocycles. The number of nitrogens with one attached hydrogen (secondary N) is 1. The maximum Gasteiger partial charge on any atom is 0.274 e. The summed E-state index contributed by atoms with van der Waals surface area (Å²) in [6, 6.07) is 18.7. The molecule has 0 aliphatic carbocycles. The van der Waals surface area contributed by atoms with Gasteiger partial charge in [0.1, 0.15) is 0 Å². The first kappa shape index (κ1) is 22.0. The molecule has 0 saturated carbocycles. The fourth-order valence-corrected chi connectivity index (χ4v) is 4.62. The van der Waals surface area contributed by atoms with Crippen LogP contribution in [0.25, 0.3) is 0 Å². The summed E-state index contributed by atoms with van der Waals surface area (Å²) in [5, 5.41) is 13.7. The van der Waals surface area contributed by atoms with Gasteiger partial charge in [0.2, 0.25) is 0 Å². The molecule has 1 N–H and O–H groups in total. The Balaban J connectivity index is 1.90. The Labute approximate surface area is 180 Å². The van der Waals surface area contributed by atoms with Gasteiger partial charge in [-0.15, -0.1) is 0 Å². The molecule has 0 heterocycles. The molecule has 0 radical (unpaired) electrons. The highest BCUT2D eigenvalue weighted by molar-refractivity contribution is 7.92. The molecule has 8 nitrogen and oxygen atoms in total. The van der Waals surface area contributed by atoms with Crippen molar-refractivity contribution in [1.82, 2.24) is 0 Å². The lowest BCUT2D eigenvalue weighted by Gasteiger charge is -2.23. The average molecular weight is 439 g/mol. The number of carbonyl (C=O) groups is 1. The van der Waals surface area contributed by atoms with Gasteiger partial charge in [-0.2, -0.15) is 0 Å². The van der Waals surface area contributed by atoms with E-state index in [0.29, 0.717) is 11.3 Å². The minimum Gasteiger partial charge on any atom is -0.322 e. The van der Waals surface area contributed by atoms with E-state index in [1.807, 2.05) is 0 Å². The number of aryl methyl sites for hydroxylation is 1. The number of amides is 1. The number of anilines is 2. The Bertz CT molecular complexity index is 1230. The normalized spacial score (nSPS) is 11.0. The fraction of sp³-hybridized carbons (Fsp3) is 0.136. The first-order valence-electron chi connectivity index (χ1n) is 9.48. The predicted octanol–water partition coefficient (Wildman–Crippen LogP) is 4.37. The Kier molecular flexibility index (Phi) is 6.36. The molecule has 0 bridgehead atoms. The number of sulfonamides is 1. The second-order valence-electron chi connectivity index (χ2n) is 6.75. The molecule has 0 fully saturated rings. The van der Waals surface area contributed by atoms with Gasteiger partial charge in [0.15, 0.2) is 0 Å². The van der Waals surface area contributed by atoms with E-state index in [2.05, 4.69) is 5.32 Å². The van der Waals surface area contributed by atoms with Crippen LogP contribution in [0, 0.1) is 17.0 Å². The second-order valence-corrected chi connectivity index (χ2v) is 8.61. The number of carbonyl (C=O) groups excluding carboxylic acids is 1. The van der Waals surface area contributed by atoms with E-state index in [9.17, 15) is 23.3 Å². The zero-order valence-corrected chi connectivity index (χ0v) is 17.8. The minimum atomic E-state index is -3.89. The number of hydrogen-bond donors (Lipinski definition) is 1. The quantitative estimate of drug-likeness (QED) is 0.434. The van der Waals surface area contributed by atoms with Gasteiger partial charge in [0.25, 0.3) is 21.6 Å². The van der Waals surface area contributed by atoms with Crippen molar-refractivity contribution in [2.75, 3.05) is 16.2 Å². The largest absolute Gasteiger partial charge is 0.322 e. The molecule has 0 unspecified atom stereocenters. The molecule has 1 amide bonds. The summed E-state index contributed by atoms with van der Waals surface area (Å²) in [6.07, 6.45) is 0. The van der Waals surface area contributed by atoms with E-state index in [1.54, 1.807) is 50.2 Å². The summed E-state index contributed by atoms with van der Waals surface area (Å²) in [5.74, 6) is -0.571. The van der Waals surface area contributed by atoms with Crippen molar-refractivity contribution in [1.29, 1.82) is 0 Å². The van der Waals surface area contributed by atoms with E-state index >= 15 is 0 Å². The molecule has 3 aromatic carbocycles. The van der Waals surface area contributed by atoms with Crippen LogP contribution < -0.4 is 9.62 Å². The summed E-state index contributed by atoms with van der Waals surface area (Å²) >= 11 is 0. The molecule has 0 saturated heterocycles. The van der Waals surface area contributed by atoms with E-state index < -0.39 is 20.9 Å². The Morgan fingerprint density at radius 3 is 2.39 bits per heavy atom. The number of para-hydroxylation sites is 1. The molecular weight excluding hydrogens is 418 g/mol. The molecule has 160 valence electrons. The van der Waals surface area contributed by atoms with Crippen molar-refractivity contribution in [2.45, 2.75) is 18.7 Å². The number of nitrogens with zero attached hydrogens (tertiary/aromatic N) is 2. The van der Waals surface area contributed by atoms with Crippen LogP contribution in [0.1, 0.15) is 22.8 Å². The van der Waals surface area contributed by atoms with Crippen molar-refractivity contribution >= 4 is 33.0 Å². The topological polar surface area (TPSA) is 110 Å². The number of nitro benzene ring substituents is 1. The van der Waals surface area contributed by atoms with Gasteiger partial charge in [0.05, 0.1) is 15.5 Å². The smallest absolute Gasteiger partial charge is 0.274 e. The molecule has 0 aliphatic heterocycles. The third-order valence-electron chi connectivity index (χ3n) is 4.68. The van der Waals surface area contributed by atoms with Gasteiger partial charge < -0.3 is 5.32 Å². The van der Waals surface area contributed by atoms with Crippen molar-refractivity contribution in [3.8, 4) is 0 Å². The zero-order valence-electron chi connectivity index (χ0n) is 17.0. The maximum atomic E-state index is 13.2. The second kappa shape index (κ2) is 8.97. The molecule has 0 aliphatic rings. The summed E-state index contributed by atoms with van der Waals surface area (Å²) in [4.78, 5) is 23.2. The summed E-state index contributed by atoms with van der Waals surface area (Å²) < 4.78 is 27.6. The van der Waals surface area contributed by atoms with Gasteiger partial charge in [-0.25, -0.2) is 8.42 Å². The summed E-state index contributed by atoms with van der Waals surface area (Å²) in [6.45, 7) is 3.55. The number of benzene rings is 3. The maximum absolute atomic E-state index is 13.2. The van der Waals surface area contributed by atoms with Crippen LogP contribution in [0.5, 0.6) is 0 Å². The van der Waals surface area contributed by atoms with Crippen molar-refractivity contribution in [3.63, 3.8) is 0 Å². The highest BCUT2D eigenvalue weighted by Gasteiger charge is 2.24. The van der Waals surface area contributed by atoms with Gasteiger partial charge in [-0.05, 0) is 50.2 Å². The Morgan fingerprint density at radius 2 is 1.74 bits per heavy atom. The van der Waals surface area contributed by atoms with E-state index in [0.717, 1.165) is 0 Å². The number of nitro groups is 1. The Hall–Kier alpha value is -3.72. The van der Waals surface area contributed by atoms with Crippen LogP contribution in [-0.2, 0) is 10.0 Å². The first-order valence-corrected chi connectivity index (χ1v) is 10.9. The van der Waals surface area contributed by atoms with Gasteiger partial charge in [-0.3, -0.25) is 19.2 Å². The van der Waals surface area contributed by atoms with Crippen LogP contribution in [-0.4, -0.2) is 25.8 Å². The van der Waals surface area contributed by atoms with E-state index in [1.165, 1.54) is 40.7 Å². The molecule has 3 aromatic rings. The lowest BCUT2D eigenvalue weighted by molar-refractivity contribution is -0.385. The number of hydrogen-bond acceptors (Lipinski definition) is 5. The van der Waals surface area contributed by atoms with Crippen molar-refractivity contribution in [2.24, 2.45) is 0 Å². The van der Waals surface area contributed by atoms with E-state index in [-0.39, 0.29) is 28.4 Å². The zero-order chi connectivity index (χ0) is 22.6. The van der Waals surface area contributed by atoms with Gasteiger partial charge in [-0.1, -0.05) is 30.3 Å². The lowest BCUT2D eigenvalue weighted by Crippen LogP contribution is -2.30. The highest BCUT2D eigenvalue weighted by Crippen LogP contribution is 2.25. The fourth-order valence-electron chi connectivity index (χ4n) is 3.10. The molecule has 9 heteroatoms. The van der Waals surface area contributed by atoms with Crippen LogP contribution in [0.3, 0.4) is 0 Å². The molecule has 3 rings (SSSR count). The van der Waals surface area contributed by atoms with Crippen LogP contribution in [0.15, 0.2) is 77.7 Å². The van der Waals surface area contributed by atoms with Gasteiger partial charge in [0, 0.05) is 29.4 Å². The predicted molar refractivity (Wildman–Crippen MR) is 119 cm³/mol. The van der Waals surface area contributed by atoms with Crippen LogP contribution in [0.4, 0.5) is 17.1 Å². The minimum absolute atomic E-state index is 0.0271. The van der Waals surface area contributed by atoms with Crippen LogP contribution >= 0.6 is 0 Å². The molecular formula is C22H21N3O5S. The van der Waals surface area contributed by atoms with E-state index in [4.69, 9.17) is 0 Å². The average Bonchev–Trinajstić information content (AvgIpc) is 2.76. The van der Waals surface area contributed by atoms with Gasteiger partial charge >= 0.3 is 0 Å². The molecule has 0 atom stereocenters. The highest BCUT2D eigenvalue weighted by atomic mass is 32.2. The third kappa shape index (κ3) is 4.72. The Morgan fingerprint density at radius 1 is 1.03 bits per heavy atom. The lowest BCUT2D eigenvalue weighted by atomic mass is 10.1. The first-order chi connectivity index (χ1) is 14.7. The molecule has 31 heavy (non-hydrogen) atoms. The number of rotatable bonds is 7. The monoisotopic (exact) mass is 439 g/mol. The summed E-state index contributed by atoms with van der Waals surface area (Å²) in [5.41, 5.74) is 1.24. The van der Waals surface area contributed by atoms with Crippen molar-refractivity contribution in [3.05, 3.63) is 94.0 Å². The third-order valence-corrected chi connectivity index (χ3v) is 6.58. The molecule has 0 spiro atoms. The summed E-state index contributed by atoms with van der Waals surface area (Å²) in [7, 11) is -3.89. The van der Waals surface area contributed by atoms with Crippen molar-refractivity contribution < 1.29 is 18.1 Å². The standard InChI is InChI=1S/C22H21N3O5S/c1-3-24(19-9-5-4-6-10-19)31(29,30)20-11-7-8-17(14-20)22(26)23-18-13-12-16(2)21(15-18)25(27)28/h4-15H,3H2,1-2H3,(H,23,26). The van der Waals surface area contributed by atoms with Crippen LogP contribution in [0.2, 0.25) is 0 Å².